The van der Waals surface area contributed by atoms with Crippen molar-refractivity contribution < 1.29 is 77.1 Å². The van der Waals surface area contributed by atoms with Crippen molar-refractivity contribution >= 4 is 24.2 Å². The average molecular weight is 830 g/mol. The first-order valence-electron chi connectivity index (χ1n) is 20.6. The van der Waals surface area contributed by atoms with Gasteiger partial charge in [0.15, 0.2) is 18.7 Å². The Morgan fingerprint density at radius 3 is 2.21 bits per heavy atom. The molecule has 0 aromatic carbocycles. The number of aliphatic hydroxyl groups is 3. The Morgan fingerprint density at radius 2 is 1.60 bits per heavy atom. The Kier molecular flexibility index (Phi) is 17.6. The number of aldehydes is 1. The molecular formula is C41H67NO16. The molecule has 18 atom stereocenters. The van der Waals surface area contributed by atoms with Crippen molar-refractivity contribution in [1.29, 1.82) is 0 Å². The Balaban J connectivity index is 1.67. The number of carbonyl (C=O) groups is 4. The number of methoxy groups -OCH3 is 1. The van der Waals surface area contributed by atoms with E-state index in [-0.39, 0.29) is 44.3 Å². The number of esters is 3. The summed E-state index contributed by atoms with van der Waals surface area (Å²) in [4.78, 5) is 52.5. The molecule has 0 radical (unpaired) electrons. The molecule has 0 bridgehead atoms. The summed E-state index contributed by atoms with van der Waals surface area (Å²) in [6.07, 6.45) is -8.08. The zero-order chi connectivity index (χ0) is 43.1. The molecule has 4 heterocycles. The van der Waals surface area contributed by atoms with Crippen LogP contribution in [0.2, 0.25) is 0 Å². The number of likely N-dealkylation sites (N-methyl/N-ethyl adjacent to an activating group) is 1. The molecule has 17 heteroatoms. The van der Waals surface area contributed by atoms with Crippen LogP contribution in [0.1, 0.15) is 93.4 Å². The molecule has 17 nitrogen and oxygen atoms in total. The number of rotatable bonds is 12. The van der Waals surface area contributed by atoms with E-state index in [1.165, 1.54) is 7.11 Å². The van der Waals surface area contributed by atoms with E-state index < -0.39 is 121 Å². The number of epoxide rings is 1. The van der Waals surface area contributed by atoms with Crippen LogP contribution in [0, 0.1) is 11.8 Å². The minimum absolute atomic E-state index is 0.00499. The first kappa shape index (κ1) is 48.1. The van der Waals surface area contributed by atoms with E-state index in [0.29, 0.717) is 12.7 Å². The number of carbonyl (C=O) groups excluding carboxylic acids is 4. The van der Waals surface area contributed by atoms with Gasteiger partial charge in [-0.1, -0.05) is 32.9 Å². The summed E-state index contributed by atoms with van der Waals surface area (Å²) in [5.41, 5.74) is -1.49. The van der Waals surface area contributed by atoms with E-state index in [1.807, 2.05) is 6.92 Å². The lowest BCUT2D eigenvalue weighted by Crippen LogP contribution is -2.66. The van der Waals surface area contributed by atoms with E-state index in [0.717, 1.165) is 0 Å². The van der Waals surface area contributed by atoms with Gasteiger partial charge in [0.05, 0.1) is 43.0 Å². The van der Waals surface area contributed by atoms with Crippen LogP contribution >= 0.6 is 0 Å². The number of ether oxygens (including phenoxy) is 9. The normalized spacial score (nSPS) is 43.4. The summed E-state index contributed by atoms with van der Waals surface area (Å²) in [5, 5.41) is 34.6. The van der Waals surface area contributed by atoms with Gasteiger partial charge in [0, 0.05) is 39.2 Å². The maximum atomic E-state index is 13.4. The van der Waals surface area contributed by atoms with Gasteiger partial charge in [-0.05, 0) is 60.0 Å². The molecule has 0 amide bonds. The highest BCUT2D eigenvalue weighted by atomic mass is 16.7. The predicted octanol–water partition coefficient (Wildman–Crippen LogP) is 1.98. The lowest BCUT2D eigenvalue weighted by molar-refractivity contribution is -0.344. The first-order valence-corrected chi connectivity index (χ1v) is 20.6. The van der Waals surface area contributed by atoms with Gasteiger partial charge >= 0.3 is 17.9 Å². The van der Waals surface area contributed by atoms with Gasteiger partial charge in [0.2, 0.25) is 0 Å². The second-order valence-electron chi connectivity index (χ2n) is 16.7. The van der Waals surface area contributed by atoms with Gasteiger partial charge in [0.1, 0.15) is 48.5 Å². The van der Waals surface area contributed by atoms with Crippen LogP contribution in [0.25, 0.3) is 0 Å². The zero-order valence-corrected chi connectivity index (χ0v) is 35.6. The smallest absolute Gasteiger partial charge is 0.309 e. The van der Waals surface area contributed by atoms with Crippen LogP contribution in [0.4, 0.5) is 0 Å². The van der Waals surface area contributed by atoms with Crippen molar-refractivity contribution in [2.45, 2.75) is 191 Å². The van der Waals surface area contributed by atoms with E-state index in [2.05, 4.69) is 0 Å². The summed E-state index contributed by atoms with van der Waals surface area (Å²) >= 11 is 0. The van der Waals surface area contributed by atoms with E-state index >= 15 is 0 Å². The lowest BCUT2D eigenvalue weighted by Gasteiger charge is -2.50. The molecule has 0 spiro atoms. The second kappa shape index (κ2) is 21.3. The van der Waals surface area contributed by atoms with Gasteiger partial charge in [-0.2, -0.15) is 0 Å². The van der Waals surface area contributed by atoms with Gasteiger partial charge in [-0.25, -0.2) is 0 Å². The van der Waals surface area contributed by atoms with E-state index in [9.17, 15) is 34.5 Å². The number of hydrogen-bond acceptors (Lipinski definition) is 17. The molecule has 58 heavy (non-hydrogen) atoms. The number of fused-ring (bicyclic) bond motifs is 1. The maximum absolute atomic E-state index is 13.4. The predicted molar refractivity (Wildman–Crippen MR) is 205 cm³/mol. The molecule has 0 aromatic rings. The SMILES string of the molecule is CCC(=O)OC1CC(=O)OC(C)CC2OC2/C=C/C(O)C(C)CC(CC=O)C(OC2OC(C)C(OC3CC(C)(O)C(OC(=O)CC)C(C)O3)C(N(C)C)C2O)C1OC. The topological polar surface area (TPSA) is 219 Å². The zero-order valence-electron chi connectivity index (χ0n) is 35.6. The van der Waals surface area contributed by atoms with Crippen LogP contribution in [-0.2, 0) is 61.8 Å². The van der Waals surface area contributed by atoms with Gasteiger partial charge < -0.3 is 67.6 Å². The molecule has 4 aliphatic heterocycles. The molecule has 18 unspecified atom stereocenters. The van der Waals surface area contributed by atoms with Crippen LogP contribution in [0.3, 0.4) is 0 Å². The Morgan fingerprint density at radius 1 is 0.931 bits per heavy atom. The Labute approximate surface area is 341 Å². The summed E-state index contributed by atoms with van der Waals surface area (Å²) in [6.45, 7) is 11.8. The minimum Gasteiger partial charge on any atom is -0.462 e. The largest absolute Gasteiger partial charge is 0.462 e. The number of aliphatic hydroxyl groups excluding tert-OH is 2. The van der Waals surface area contributed by atoms with E-state index in [4.69, 9.17) is 42.6 Å². The third-order valence-electron chi connectivity index (χ3n) is 11.5. The standard InChI is InChI=1S/C41H67NO16/c1-11-30(45)55-29-19-32(47)51-22(4)18-28-27(54-28)14-13-26(44)21(3)17-25(15-16-43)37(38(29)50-10)58-40-35(48)34(42(8)9)36(23(5)53-40)57-33-20-41(7,49)39(24(6)52-33)56-31(46)12-2/h13-14,16,21-29,33-40,44,48-49H,11-12,15,17-20H2,1-10H3/b14-13+. The van der Waals surface area contributed by atoms with Gasteiger partial charge in [-0.15, -0.1) is 0 Å². The molecule has 3 fully saturated rings. The molecule has 3 N–H and O–H groups in total. The number of cyclic esters (lactones) is 1. The molecular weight excluding hydrogens is 762 g/mol. The van der Waals surface area contributed by atoms with Crippen molar-refractivity contribution in [3.8, 4) is 0 Å². The summed E-state index contributed by atoms with van der Waals surface area (Å²) in [7, 11) is 4.86. The summed E-state index contributed by atoms with van der Waals surface area (Å²) in [5.74, 6) is -2.86. The molecule has 332 valence electrons. The highest BCUT2D eigenvalue weighted by molar-refractivity contribution is 5.72. The molecule has 4 aliphatic rings. The fourth-order valence-corrected chi connectivity index (χ4v) is 8.36. The van der Waals surface area contributed by atoms with Crippen LogP contribution in [0.15, 0.2) is 12.2 Å². The molecule has 0 saturated carbocycles. The lowest BCUT2D eigenvalue weighted by atomic mass is 9.82. The van der Waals surface area contributed by atoms with Crippen molar-refractivity contribution in [3.05, 3.63) is 12.2 Å². The Bertz CT molecular complexity index is 1390. The van der Waals surface area contributed by atoms with Crippen molar-refractivity contribution in [2.75, 3.05) is 21.2 Å². The highest BCUT2D eigenvalue weighted by Gasteiger charge is 2.53. The quantitative estimate of drug-likeness (QED) is 0.0842. The summed E-state index contributed by atoms with van der Waals surface area (Å²) < 4.78 is 54.4. The van der Waals surface area contributed by atoms with Crippen LogP contribution < -0.4 is 0 Å². The van der Waals surface area contributed by atoms with Gasteiger partial charge in [-0.3, -0.25) is 14.4 Å². The third-order valence-corrected chi connectivity index (χ3v) is 11.5. The third kappa shape index (κ3) is 12.5. The minimum atomic E-state index is -1.49. The van der Waals surface area contributed by atoms with Crippen LogP contribution in [0.5, 0.6) is 0 Å². The molecule has 3 saturated heterocycles. The second-order valence-corrected chi connectivity index (χ2v) is 16.7. The molecule has 4 rings (SSSR count). The van der Waals surface area contributed by atoms with Crippen molar-refractivity contribution in [3.63, 3.8) is 0 Å². The maximum Gasteiger partial charge on any atom is 0.309 e. The molecule has 0 aliphatic carbocycles. The molecule has 0 aromatic heterocycles. The average Bonchev–Trinajstić information content (AvgIpc) is 3.89. The first-order chi connectivity index (χ1) is 27.3. The summed E-state index contributed by atoms with van der Waals surface area (Å²) in [6, 6.07) is -0.783. The van der Waals surface area contributed by atoms with Gasteiger partial charge in [0.25, 0.3) is 0 Å². The van der Waals surface area contributed by atoms with Crippen molar-refractivity contribution in [1.82, 2.24) is 4.90 Å². The number of nitrogens with zero attached hydrogens (tertiary/aromatic N) is 1. The Hall–Kier alpha value is -2.58. The van der Waals surface area contributed by atoms with Crippen LogP contribution in [-0.4, -0.2) is 163 Å². The highest BCUT2D eigenvalue weighted by Crippen LogP contribution is 2.38. The number of hydrogen-bond donors (Lipinski definition) is 3. The van der Waals surface area contributed by atoms with E-state index in [1.54, 1.807) is 72.7 Å². The monoisotopic (exact) mass is 829 g/mol. The fourth-order valence-electron chi connectivity index (χ4n) is 8.36. The fraction of sp³-hybridized carbons (Fsp3) is 0.854. The van der Waals surface area contributed by atoms with Crippen molar-refractivity contribution in [2.24, 2.45) is 11.8 Å².